The lowest BCUT2D eigenvalue weighted by molar-refractivity contribution is -0.0281. The average molecular weight is 330 g/mol. The third kappa shape index (κ3) is 3.30. The topological polar surface area (TPSA) is 23.5 Å². The van der Waals surface area contributed by atoms with E-state index < -0.39 is 5.60 Å². The van der Waals surface area contributed by atoms with Gasteiger partial charge in [0.15, 0.2) is 0 Å². The molecule has 1 N–H and O–H groups in total. The molecule has 2 atom stereocenters. The minimum absolute atomic E-state index is 0. The van der Waals surface area contributed by atoms with Gasteiger partial charge >= 0.3 is 0 Å². The highest BCUT2D eigenvalue weighted by Gasteiger charge is 2.45. The number of halogens is 1. The van der Waals surface area contributed by atoms with Crippen molar-refractivity contribution in [2.24, 2.45) is 0 Å². The first-order valence-corrected chi connectivity index (χ1v) is 8.33. The molecule has 2 nitrogen and oxygen atoms in total. The zero-order chi connectivity index (χ0) is 15.0. The van der Waals surface area contributed by atoms with Gasteiger partial charge in [-0.1, -0.05) is 60.7 Å². The van der Waals surface area contributed by atoms with Crippen molar-refractivity contribution in [2.45, 2.75) is 36.8 Å². The van der Waals surface area contributed by atoms with Crippen LogP contribution in [0.2, 0.25) is 0 Å². The van der Waals surface area contributed by atoms with Crippen LogP contribution in [0.1, 0.15) is 36.3 Å². The minimum Gasteiger partial charge on any atom is -0.385 e. The van der Waals surface area contributed by atoms with Gasteiger partial charge in [0.2, 0.25) is 0 Å². The van der Waals surface area contributed by atoms with Crippen molar-refractivity contribution in [3.8, 4) is 0 Å². The van der Waals surface area contributed by atoms with Crippen molar-refractivity contribution in [1.29, 1.82) is 0 Å². The van der Waals surface area contributed by atoms with Crippen LogP contribution in [0.25, 0.3) is 0 Å². The van der Waals surface area contributed by atoms with Crippen molar-refractivity contribution >= 4 is 12.4 Å². The van der Waals surface area contributed by atoms with E-state index in [2.05, 4.69) is 47.4 Å². The number of hydrogen-bond donors (Lipinski definition) is 1. The zero-order valence-corrected chi connectivity index (χ0v) is 14.1. The van der Waals surface area contributed by atoms with E-state index in [9.17, 15) is 5.11 Å². The molecule has 2 fully saturated rings. The van der Waals surface area contributed by atoms with E-state index in [-0.39, 0.29) is 12.4 Å². The first-order valence-electron chi connectivity index (χ1n) is 8.33. The van der Waals surface area contributed by atoms with E-state index in [0.717, 1.165) is 31.5 Å². The molecule has 0 aromatic heterocycles. The molecule has 2 unspecified atom stereocenters. The fourth-order valence-corrected chi connectivity index (χ4v) is 3.91. The Morgan fingerprint density at radius 1 is 0.870 bits per heavy atom. The van der Waals surface area contributed by atoms with Crippen LogP contribution in [0.3, 0.4) is 0 Å². The fraction of sp³-hybridized carbons (Fsp3) is 0.400. The van der Waals surface area contributed by atoms with Gasteiger partial charge in [-0.05, 0) is 30.4 Å². The van der Waals surface area contributed by atoms with Crippen molar-refractivity contribution in [1.82, 2.24) is 4.90 Å². The summed E-state index contributed by atoms with van der Waals surface area (Å²) < 4.78 is 0. The van der Waals surface area contributed by atoms with E-state index in [4.69, 9.17) is 0 Å². The SMILES string of the molecule is Cl.OC1(c2ccccc2)CCN(C2CC2c2ccccc2)CC1. The number of aliphatic hydroxyl groups is 1. The van der Waals surface area contributed by atoms with Crippen LogP contribution in [0.15, 0.2) is 60.7 Å². The molecule has 1 saturated heterocycles. The number of rotatable bonds is 3. The van der Waals surface area contributed by atoms with Gasteiger partial charge in [-0.3, -0.25) is 4.90 Å². The molecule has 0 spiro atoms. The molecule has 0 bridgehead atoms. The molecule has 23 heavy (non-hydrogen) atoms. The summed E-state index contributed by atoms with van der Waals surface area (Å²) in [5, 5.41) is 10.9. The van der Waals surface area contributed by atoms with Crippen LogP contribution in [0.4, 0.5) is 0 Å². The second-order valence-electron chi connectivity index (χ2n) is 6.75. The van der Waals surface area contributed by atoms with Gasteiger partial charge in [-0.25, -0.2) is 0 Å². The van der Waals surface area contributed by atoms with Crippen LogP contribution >= 0.6 is 12.4 Å². The maximum absolute atomic E-state index is 10.9. The smallest absolute Gasteiger partial charge is 0.0920 e. The average Bonchev–Trinajstić information content (AvgIpc) is 3.38. The fourth-order valence-electron chi connectivity index (χ4n) is 3.91. The second kappa shape index (κ2) is 6.64. The Kier molecular flexibility index (Phi) is 4.77. The van der Waals surface area contributed by atoms with Gasteiger partial charge in [0.25, 0.3) is 0 Å². The maximum Gasteiger partial charge on any atom is 0.0920 e. The van der Waals surface area contributed by atoms with Crippen LogP contribution in [0, 0.1) is 0 Å². The van der Waals surface area contributed by atoms with E-state index >= 15 is 0 Å². The van der Waals surface area contributed by atoms with E-state index in [0.29, 0.717) is 12.0 Å². The van der Waals surface area contributed by atoms with Crippen molar-refractivity contribution in [3.05, 3.63) is 71.8 Å². The maximum atomic E-state index is 10.9. The van der Waals surface area contributed by atoms with Crippen LogP contribution in [0.5, 0.6) is 0 Å². The molecule has 0 radical (unpaired) electrons. The highest BCUT2D eigenvalue weighted by Crippen LogP contribution is 2.46. The minimum atomic E-state index is -0.630. The molecular weight excluding hydrogens is 306 g/mol. The molecule has 2 aromatic carbocycles. The summed E-state index contributed by atoms with van der Waals surface area (Å²) >= 11 is 0. The number of benzene rings is 2. The van der Waals surface area contributed by atoms with Gasteiger partial charge in [0.05, 0.1) is 5.60 Å². The Hall–Kier alpha value is -1.35. The highest BCUT2D eigenvalue weighted by molar-refractivity contribution is 5.85. The zero-order valence-electron chi connectivity index (χ0n) is 13.3. The Bertz CT molecular complexity index is 623. The molecule has 0 amide bonds. The van der Waals surface area contributed by atoms with Gasteiger partial charge in [-0.15, -0.1) is 12.4 Å². The standard InChI is InChI=1S/C20H23NO.ClH/c22-20(17-9-5-2-6-10-17)11-13-21(14-12-20)19-15-18(19)16-7-3-1-4-8-16;/h1-10,18-19,22H,11-15H2;1H. The summed E-state index contributed by atoms with van der Waals surface area (Å²) in [4.78, 5) is 2.58. The van der Waals surface area contributed by atoms with E-state index in [1.807, 2.05) is 18.2 Å². The molecule has 4 rings (SSSR count). The largest absolute Gasteiger partial charge is 0.385 e. The molecule has 1 aliphatic heterocycles. The summed E-state index contributed by atoms with van der Waals surface area (Å²) in [7, 11) is 0. The van der Waals surface area contributed by atoms with Crippen LogP contribution in [-0.2, 0) is 5.60 Å². The second-order valence-corrected chi connectivity index (χ2v) is 6.75. The Morgan fingerprint density at radius 3 is 2.04 bits per heavy atom. The third-order valence-electron chi connectivity index (χ3n) is 5.39. The van der Waals surface area contributed by atoms with Crippen molar-refractivity contribution in [2.75, 3.05) is 13.1 Å². The molecular formula is C20H24ClNO. The van der Waals surface area contributed by atoms with Gasteiger partial charge < -0.3 is 5.11 Å². The number of nitrogens with zero attached hydrogens (tertiary/aromatic N) is 1. The van der Waals surface area contributed by atoms with Crippen LogP contribution < -0.4 is 0 Å². The van der Waals surface area contributed by atoms with E-state index in [1.54, 1.807) is 0 Å². The number of hydrogen-bond acceptors (Lipinski definition) is 2. The molecule has 2 aliphatic rings. The lowest BCUT2D eigenvalue weighted by Crippen LogP contribution is -2.43. The summed E-state index contributed by atoms with van der Waals surface area (Å²) in [5.41, 5.74) is 1.91. The third-order valence-corrected chi connectivity index (χ3v) is 5.39. The normalized spacial score (nSPS) is 26.3. The Labute approximate surface area is 144 Å². The molecule has 1 aliphatic carbocycles. The predicted molar refractivity (Wildman–Crippen MR) is 96.0 cm³/mol. The Morgan fingerprint density at radius 2 is 1.43 bits per heavy atom. The predicted octanol–water partition coefficient (Wildman–Crippen LogP) is 3.95. The lowest BCUT2D eigenvalue weighted by atomic mass is 9.84. The molecule has 3 heteroatoms. The Balaban J connectivity index is 0.00000156. The quantitative estimate of drug-likeness (QED) is 0.921. The highest BCUT2D eigenvalue weighted by atomic mass is 35.5. The van der Waals surface area contributed by atoms with Gasteiger partial charge in [0, 0.05) is 25.0 Å². The molecule has 1 heterocycles. The number of piperidine rings is 1. The summed E-state index contributed by atoms with van der Waals surface area (Å²) in [5.74, 6) is 0.698. The van der Waals surface area contributed by atoms with Gasteiger partial charge in [0.1, 0.15) is 0 Å². The first kappa shape index (κ1) is 16.5. The van der Waals surface area contributed by atoms with Gasteiger partial charge in [-0.2, -0.15) is 0 Å². The van der Waals surface area contributed by atoms with E-state index in [1.165, 1.54) is 12.0 Å². The monoisotopic (exact) mass is 329 g/mol. The summed E-state index contributed by atoms with van der Waals surface area (Å²) in [6.07, 6.45) is 2.96. The summed E-state index contributed by atoms with van der Waals surface area (Å²) in [6, 6.07) is 21.7. The van der Waals surface area contributed by atoms with Crippen molar-refractivity contribution < 1.29 is 5.11 Å². The molecule has 2 aromatic rings. The first-order chi connectivity index (χ1) is 10.8. The van der Waals surface area contributed by atoms with Crippen LogP contribution in [-0.4, -0.2) is 29.1 Å². The lowest BCUT2D eigenvalue weighted by Gasteiger charge is -2.39. The molecule has 1 saturated carbocycles. The summed E-state index contributed by atoms with van der Waals surface area (Å²) in [6.45, 7) is 2.00. The molecule has 122 valence electrons. The number of likely N-dealkylation sites (tertiary alicyclic amines) is 1. The van der Waals surface area contributed by atoms with Crippen molar-refractivity contribution in [3.63, 3.8) is 0 Å².